The lowest BCUT2D eigenvalue weighted by atomic mass is 9.78. The van der Waals surface area contributed by atoms with Crippen molar-refractivity contribution in [2.45, 2.75) is 45.1 Å². The van der Waals surface area contributed by atoms with Crippen LogP contribution in [-0.2, 0) is 0 Å². The van der Waals surface area contributed by atoms with E-state index >= 15 is 0 Å². The Morgan fingerprint density at radius 3 is 2.44 bits per heavy atom. The van der Waals surface area contributed by atoms with Crippen LogP contribution in [0.25, 0.3) is 0 Å². The number of rotatable bonds is 0. The summed E-state index contributed by atoms with van der Waals surface area (Å²) in [5.74, 6) is 0.506. The summed E-state index contributed by atoms with van der Waals surface area (Å²) in [6, 6.07) is 0. The lowest BCUT2D eigenvalue weighted by Crippen LogP contribution is -2.35. The first-order valence-corrected chi connectivity index (χ1v) is 3.85. The van der Waals surface area contributed by atoms with Crippen molar-refractivity contribution < 1.29 is 5.11 Å². The molecule has 1 aliphatic carbocycles. The highest BCUT2D eigenvalue weighted by atomic mass is 16.3. The van der Waals surface area contributed by atoms with Crippen LogP contribution in [0.15, 0.2) is 0 Å². The molecule has 0 aromatic heterocycles. The third-order valence-electron chi connectivity index (χ3n) is 2.63. The molecule has 9 heavy (non-hydrogen) atoms. The highest BCUT2D eigenvalue weighted by molar-refractivity contribution is 4.82. The van der Waals surface area contributed by atoms with E-state index in [1.807, 2.05) is 6.92 Å². The Morgan fingerprint density at radius 2 is 2.11 bits per heavy atom. The first-order valence-electron chi connectivity index (χ1n) is 3.85. The van der Waals surface area contributed by atoms with E-state index in [-0.39, 0.29) is 5.60 Å². The number of hydrogen-bond acceptors (Lipinski definition) is 1. The van der Waals surface area contributed by atoms with Crippen LogP contribution in [-0.4, -0.2) is 10.7 Å². The van der Waals surface area contributed by atoms with Crippen molar-refractivity contribution in [1.29, 1.82) is 0 Å². The Labute approximate surface area is 57.1 Å². The first kappa shape index (κ1) is 7.07. The molecule has 1 heteroatoms. The summed E-state index contributed by atoms with van der Waals surface area (Å²) in [5, 5.41) is 9.64. The zero-order valence-electron chi connectivity index (χ0n) is 6.35. The molecule has 1 rings (SSSR count). The molecule has 0 amide bonds. The third kappa shape index (κ3) is 1.45. The molecule has 0 aromatic rings. The van der Waals surface area contributed by atoms with Gasteiger partial charge in [-0.15, -0.1) is 0 Å². The highest BCUT2D eigenvalue weighted by Gasteiger charge is 2.30. The van der Waals surface area contributed by atoms with Gasteiger partial charge >= 0.3 is 0 Å². The van der Waals surface area contributed by atoms with Crippen LogP contribution in [0, 0.1) is 5.92 Å². The maximum absolute atomic E-state index is 9.64. The Morgan fingerprint density at radius 1 is 1.44 bits per heavy atom. The number of aliphatic hydroxyl groups is 1. The zero-order valence-corrected chi connectivity index (χ0v) is 6.35. The molecular formula is C8H16O. The van der Waals surface area contributed by atoms with Gasteiger partial charge in [0.1, 0.15) is 0 Å². The van der Waals surface area contributed by atoms with Crippen molar-refractivity contribution in [2.24, 2.45) is 5.92 Å². The minimum Gasteiger partial charge on any atom is -0.390 e. The van der Waals surface area contributed by atoms with Crippen molar-refractivity contribution in [3.63, 3.8) is 0 Å². The predicted octanol–water partition coefficient (Wildman–Crippen LogP) is 1.95. The van der Waals surface area contributed by atoms with Crippen molar-refractivity contribution in [2.75, 3.05) is 0 Å². The molecule has 0 aromatic carbocycles. The van der Waals surface area contributed by atoms with E-state index in [1.54, 1.807) is 0 Å². The molecule has 0 aliphatic heterocycles. The van der Waals surface area contributed by atoms with Gasteiger partial charge in [0.15, 0.2) is 0 Å². The summed E-state index contributed by atoms with van der Waals surface area (Å²) in [6.45, 7) is 4.09. The van der Waals surface area contributed by atoms with Crippen LogP contribution in [0.4, 0.5) is 0 Å². The molecular weight excluding hydrogens is 112 g/mol. The molecule has 1 aliphatic rings. The van der Waals surface area contributed by atoms with E-state index in [0.29, 0.717) is 5.92 Å². The summed E-state index contributed by atoms with van der Waals surface area (Å²) < 4.78 is 0. The Balaban J connectivity index is 2.49. The van der Waals surface area contributed by atoms with Crippen LogP contribution in [0.3, 0.4) is 0 Å². The van der Waals surface area contributed by atoms with E-state index in [9.17, 15) is 5.11 Å². The van der Waals surface area contributed by atoms with Crippen LogP contribution in [0.5, 0.6) is 0 Å². The molecule has 1 saturated carbocycles. The minimum atomic E-state index is -0.363. The lowest BCUT2D eigenvalue weighted by Gasteiger charge is -2.34. The van der Waals surface area contributed by atoms with Crippen LogP contribution < -0.4 is 0 Å². The van der Waals surface area contributed by atoms with Gasteiger partial charge in [0.05, 0.1) is 5.60 Å². The largest absolute Gasteiger partial charge is 0.390 e. The molecule has 54 valence electrons. The maximum atomic E-state index is 9.64. The quantitative estimate of drug-likeness (QED) is 0.528. The standard InChI is InChI=1S/C8H16O/c1-7-5-3-4-6-8(7,2)9/h7,9H,3-6H2,1-2H3/t7-,8-/m1/s1. The topological polar surface area (TPSA) is 20.2 Å². The van der Waals surface area contributed by atoms with E-state index in [4.69, 9.17) is 0 Å². The molecule has 0 spiro atoms. The van der Waals surface area contributed by atoms with E-state index in [1.165, 1.54) is 19.3 Å². The van der Waals surface area contributed by atoms with Crippen LogP contribution in [0.2, 0.25) is 0 Å². The molecule has 0 heterocycles. The summed E-state index contributed by atoms with van der Waals surface area (Å²) in [4.78, 5) is 0. The molecule has 0 bridgehead atoms. The molecule has 1 N–H and O–H groups in total. The average Bonchev–Trinajstić information content (AvgIpc) is 1.77. The zero-order chi connectivity index (χ0) is 6.91. The molecule has 0 radical (unpaired) electrons. The van der Waals surface area contributed by atoms with Gasteiger partial charge in [-0.1, -0.05) is 19.8 Å². The Kier molecular flexibility index (Phi) is 1.80. The number of hydrogen-bond donors (Lipinski definition) is 1. The van der Waals surface area contributed by atoms with Gasteiger partial charge in [-0.25, -0.2) is 0 Å². The normalized spacial score (nSPS) is 45.0. The predicted molar refractivity (Wildman–Crippen MR) is 38.3 cm³/mol. The summed E-state index contributed by atoms with van der Waals surface area (Å²) >= 11 is 0. The van der Waals surface area contributed by atoms with Gasteiger partial charge in [0.25, 0.3) is 0 Å². The monoisotopic (exact) mass is 128 g/mol. The summed E-state index contributed by atoms with van der Waals surface area (Å²) in [5.41, 5.74) is -0.363. The van der Waals surface area contributed by atoms with E-state index in [0.717, 1.165) is 6.42 Å². The van der Waals surface area contributed by atoms with Gasteiger partial charge in [-0.3, -0.25) is 0 Å². The van der Waals surface area contributed by atoms with Crippen molar-refractivity contribution in [1.82, 2.24) is 0 Å². The second-order valence-corrected chi connectivity index (χ2v) is 3.50. The van der Waals surface area contributed by atoms with Gasteiger partial charge in [-0.05, 0) is 25.7 Å². The third-order valence-corrected chi connectivity index (χ3v) is 2.63. The Bertz CT molecular complexity index is 96.7. The van der Waals surface area contributed by atoms with Crippen LogP contribution in [0.1, 0.15) is 39.5 Å². The highest BCUT2D eigenvalue weighted by Crippen LogP contribution is 2.32. The molecule has 0 saturated heterocycles. The van der Waals surface area contributed by atoms with Gasteiger partial charge < -0.3 is 5.11 Å². The fourth-order valence-corrected chi connectivity index (χ4v) is 1.49. The molecule has 1 nitrogen and oxygen atoms in total. The smallest absolute Gasteiger partial charge is 0.0645 e. The lowest BCUT2D eigenvalue weighted by molar-refractivity contribution is -0.0239. The average molecular weight is 128 g/mol. The minimum absolute atomic E-state index is 0.363. The second kappa shape index (κ2) is 2.30. The van der Waals surface area contributed by atoms with Crippen molar-refractivity contribution >= 4 is 0 Å². The van der Waals surface area contributed by atoms with E-state index in [2.05, 4.69) is 6.92 Å². The fraction of sp³-hybridized carbons (Fsp3) is 1.00. The Hall–Kier alpha value is -0.0400. The first-order chi connectivity index (χ1) is 4.13. The summed E-state index contributed by atoms with van der Waals surface area (Å²) in [6.07, 6.45) is 4.70. The van der Waals surface area contributed by atoms with Crippen molar-refractivity contribution in [3.05, 3.63) is 0 Å². The fourth-order valence-electron chi connectivity index (χ4n) is 1.49. The van der Waals surface area contributed by atoms with Gasteiger partial charge in [0.2, 0.25) is 0 Å². The van der Waals surface area contributed by atoms with Crippen molar-refractivity contribution in [3.8, 4) is 0 Å². The SMILES string of the molecule is C[C@@H]1CCCC[C@@]1(C)O. The maximum Gasteiger partial charge on any atom is 0.0645 e. The second-order valence-electron chi connectivity index (χ2n) is 3.50. The van der Waals surface area contributed by atoms with E-state index < -0.39 is 0 Å². The molecule has 1 fully saturated rings. The van der Waals surface area contributed by atoms with Gasteiger partial charge in [0, 0.05) is 0 Å². The van der Waals surface area contributed by atoms with Gasteiger partial charge in [-0.2, -0.15) is 0 Å². The summed E-state index contributed by atoms with van der Waals surface area (Å²) in [7, 11) is 0. The molecule has 0 unspecified atom stereocenters. The van der Waals surface area contributed by atoms with Crippen LogP contribution >= 0.6 is 0 Å². The molecule has 2 atom stereocenters.